The van der Waals surface area contributed by atoms with Gasteiger partial charge in [0.1, 0.15) is 0 Å². The minimum Gasteiger partial charge on any atom is -0.367 e. The van der Waals surface area contributed by atoms with E-state index in [9.17, 15) is 0 Å². The van der Waals surface area contributed by atoms with Gasteiger partial charge in [-0.25, -0.2) is 0 Å². The summed E-state index contributed by atoms with van der Waals surface area (Å²) in [7, 11) is 0. The van der Waals surface area contributed by atoms with E-state index in [0.29, 0.717) is 10.0 Å². The topological polar surface area (TPSA) is 31.6 Å². The van der Waals surface area contributed by atoms with Crippen molar-refractivity contribution in [3.05, 3.63) is 81.9 Å². The lowest BCUT2D eigenvalue weighted by Gasteiger charge is -2.18. The van der Waals surface area contributed by atoms with Crippen LogP contribution in [0.4, 0.5) is 0 Å². The normalized spacial score (nSPS) is 12.5. The van der Waals surface area contributed by atoms with Crippen LogP contribution in [0.15, 0.2) is 55.0 Å². The molecule has 19 heavy (non-hydrogen) atoms. The highest BCUT2D eigenvalue weighted by atomic mass is 35.5. The van der Waals surface area contributed by atoms with Crippen molar-refractivity contribution in [1.29, 1.82) is 0 Å². The minimum atomic E-state index is 0.00227. The standard InChI is InChI=1S/C15H12Cl2N2/c16-11-3-1-4-12(17)15(11)14(10-6-8-18-9-10)13-5-2-7-19-13/h1-9,14,18-19H. The first kappa shape index (κ1) is 12.4. The average Bonchev–Trinajstić information content (AvgIpc) is 3.07. The zero-order chi connectivity index (χ0) is 13.2. The van der Waals surface area contributed by atoms with Crippen molar-refractivity contribution in [3.8, 4) is 0 Å². The molecular formula is C15H12Cl2N2. The SMILES string of the molecule is Clc1cccc(Cl)c1C(c1cc[nH]c1)c1ccc[nH]1. The van der Waals surface area contributed by atoms with Gasteiger partial charge < -0.3 is 9.97 Å². The second-order valence-corrected chi connectivity index (χ2v) is 5.15. The summed E-state index contributed by atoms with van der Waals surface area (Å²) in [5.74, 6) is 0.00227. The van der Waals surface area contributed by atoms with Gasteiger partial charge >= 0.3 is 0 Å². The fourth-order valence-corrected chi connectivity index (χ4v) is 2.94. The van der Waals surface area contributed by atoms with Crippen LogP contribution in [0.5, 0.6) is 0 Å². The predicted octanol–water partition coefficient (Wildman–Crippen LogP) is 4.83. The highest BCUT2D eigenvalue weighted by molar-refractivity contribution is 6.36. The molecule has 2 heterocycles. The van der Waals surface area contributed by atoms with E-state index in [1.807, 2.05) is 55.0 Å². The molecule has 0 spiro atoms. The lowest BCUT2D eigenvalue weighted by molar-refractivity contribution is 0.936. The Morgan fingerprint density at radius 3 is 2.26 bits per heavy atom. The van der Waals surface area contributed by atoms with Crippen molar-refractivity contribution >= 4 is 23.2 Å². The van der Waals surface area contributed by atoms with Crippen LogP contribution in [-0.4, -0.2) is 9.97 Å². The van der Waals surface area contributed by atoms with E-state index in [0.717, 1.165) is 16.8 Å². The van der Waals surface area contributed by atoms with E-state index in [-0.39, 0.29) is 5.92 Å². The molecule has 0 saturated carbocycles. The van der Waals surface area contributed by atoms with E-state index in [4.69, 9.17) is 23.2 Å². The predicted molar refractivity (Wildman–Crippen MR) is 79.0 cm³/mol. The van der Waals surface area contributed by atoms with Gasteiger partial charge in [-0.15, -0.1) is 0 Å². The molecule has 0 bridgehead atoms. The lowest BCUT2D eigenvalue weighted by Crippen LogP contribution is -2.04. The molecule has 2 N–H and O–H groups in total. The molecule has 2 nitrogen and oxygen atoms in total. The summed E-state index contributed by atoms with van der Waals surface area (Å²) in [5, 5.41) is 1.35. The average molecular weight is 291 g/mol. The minimum absolute atomic E-state index is 0.00227. The maximum atomic E-state index is 6.35. The van der Waals surface area contributed by atoms with Gasteiger partial charge in [0.25, 0.3) is 0 Å². The Hall–Kier alpha value is -1.64. The fourth-order valence-electron chi connectivity index (χ4n) is 2.33. The zero-order valence-electron chi connectivity index (χ0n) is 10.0. The van der Waals surface area contributed by atoms with E-state index >= 15 is 0 Å². The molecule has 1 unspecified atom stereocenters. The fraction of sp³-hybridized carbons (Fsp3) is 0.0667. The Morgan fingerprint density at radius 2 is 1.68 bits per heavy atom. The number of H-pyrrole nitrogens is 2. The lowest BCUT2D eigenvalue weighted by atomic mass is 9.90. The molecule has 0 aliphatic carbocycles. The van der Waals surface area contributed by atoms with Crippen molar-refractivity contribution in [1.82, 2.24) is 9.97 Å². The summed E-state index contributed by atoms with van der Waals surface area (Å²) < 4.78 is 0. The van der Waals surface area contributed by atoms with E-state index in [1.54, 1.807) is 0 Å². The van der Waals surface area contributed by atoms with Crippen LogP contribution >= 0.6 is 23.2 Å². The summed E-state index contributed by atoms with van der Waals surface area (Å²) in [6.07, 6.45) is 5.76. The second kappa shape index (κ2) is 5.16. The molecule has 0 amide bonds. The molecule has 2 aromatic heterocycles. The number of hydrogen-bond acceptors (Lipinski definition) is 0. The second-order valence-electron chi connectivity index (χ2n) is 4.34. The summed E-state index contributed by atoms with van der Waals surface area (Å²) in [5.41, 5.74) is 3.11. The first-order valence-corrected chi connectivity index (χ1v) is 6.73. The van der Waals surface area contributed by atoms with Gasteiger partial charge in [0, 0.05) is 39.9 Å². The van der Waals surface area contributed by atoms with Crippen molar-refractivity contribution in [2.75, 3.05) is 0 Å². The van der Waals surface area contributed by atoms with Crippen LogP contribution in [-0.2, 0) is 0 Å². The highest BCUT2D eigenvalue weighted by Gasteiger charge is 2.22. The molecular weight excluding hydrogens is 279 g/mol. The van der Waals surface area contributed by atoms with E-state index in [2.05, 4.69) is 9.97 Å². The number of benzene rings is 1. The maximum absolute atomic E-state index is 6.35. The highest BCUT2D eigenvalue weighted by Crippen LogP contribution is 2.39. The van der Waals surface area contributed by atoms with Gasteiger partial charge in [0.05, 0.1) is 5.92 Å². The third kappa shape index (κ3) is 2.29. The van der Waals surface area contributed by atoms with Crippen molar-refractivity contribution in [2.24, 2.45) is 0 Å². The van der Waals surface area contributed by atoms with Crippen LogP contribution in [0, 0.1) is 0 Å². The maximum Gasteiger partial charge on any atom is 0.0535 e. The Balaban J connectivity index is 2.21. The molecule has 1 aromatic carbocycles. The molecule has 0 aliphatic heterocycles. The molecule has 1 atom stereocenters. The molecule has 0 saturated heterocycles. The van der Waals surface area contributed by atoms with Crippen LogP contribution in [0.2, 0.25) is 10.0 Å². The number of rotatable bonds is 3. The van der Waals surface area contributed by atoms with E-state index < -0.39 is 0 Å². The van der Waals surface area contributed by atoms with Crippen molar-refractivity contribution in [3.63, 3.8) is 0 Å². The molecule has 0 fully saturated rings. The molecule has 3 rings (SSSR count). The third-order valence-corrected chi connectivity index (χ3v) is 3.84. The zero-order valence-corrected chi connectivity index (χ0v) is 11.5. The summed E-state index contributed by atoms with van der Waals surface area (Å²) in [4.78, 5) is 6.33. The quantitative estimate of drug-likeness (QED) is 0.692. The Labute approximate surface area is 121 Å². The van der Waals surface area contributed by atoms with Crippen molar-refractivity contribution in [2.45, 2.75) is 5.92 Å². The van der Waals surface area contributed by atoms with E-state index in [1.165, 1.54) is 0 Å². The van der Waals surface area contributed by atoms with Crippen LogP contribution < -0.4 is 0 Å². The monoisotopic (exact) mass is 290 g/mol. The molecule has 3 aromatic rings. The Morgan fingerprint density at radius 1 is 0.895 bits per heavy atom. The molecule has 0 aliphatic rings. The van der Waals surface area contributed by atoms with Gasteiger partial charge in [0.15, 0.2) is 0 Å². The van der Waals surface area contributed by atoms with Crippen LogP contribution in [0.3, 0.4) is 0 Å². The number of aromatic nitrogens is 2. The van der Waals surface area contributed by atoms with Gasteiger partial charge in [-0.3, -0.25) is 0 Å². The van der Waals surface area contributed by atoms with Gasteiger partial charge in [-0.2, -0.15) is 0 Å². The first-order chi connectivity index (χ1) is 9.27. The van der Waals surface area contributed by atoms with Gasteiger partial charge in [0.2, 0.25) is 0 Å². The van der Waals surface area contributed by atoms with Crippen molar-refractivity contribution < 1.29 is 0 Å². The first-order valence-electron chi connectivity index (χ1n) is 5.97. The van der Waals surface area contributed by atoms with Crippen LogP contribution in [0.25, 0.3) is 0 Å². The number of hydrogen-bond donors (Lipinski definition) is 2. The number of nitrogens with one attached hydrogen (secondary N) is 2. The molecule has 96 valence electrons. The molecule has 4 heteroatoms. The summed E-state index contributed by atoms with van der Waals surface area (Å²) in [6.45, 7) is 0. The van der Waals surface area contributed by atoms with Crippen LogP contribution in [0.1, 0.15) is 22.7 Å². The number of halogens is 2. The Bertz CT molecular complexity index is 603. The third-order valence-electron chi connectivity index (χ3n) is 3.18. The largest absolute Gasteiger partial charge is 0.367 e. The smallest absolute Gasteiger partial charge is 0.0535 e. The molecule has 0 radical (unpaired) electrons. The van der Waals surface area contributed by atoms with Gasteiger partial charge in [-0.05, 0) is 35.9 Å². The summed E-state index contributed by atoms with van der Waals surface area (Å²) in [6, 6.07) is 11.6. The Kier molecular flexibility index (Phi) is 3.36. The van der Waals surface area contributed by atoms with Gasteiger partial charge in [-0.1, -0.05) is 29.3 Å². The summed E-state index contributed by atoms with van der Waals surface area (Å²) >= 11 is 12.7. The number of aromatic amines is 2.